The van der Waals surface area contributed by atoms with Gasteiger partial charge in [-0.15, -0.1) is 5.10 Å². The van der Waals surface area contributed by atoms with Gasteiger partial charge >= 0.3 is 6.43 Å². The highest BCUT2D eigenvalue weighted by atomic mass is 79.9. The normalized spacial score (nSPS) is 16.5. The summed E-state index contributed by atoms with van der Waals surface area (Å²) in [6, 6.07) is 9.06. The zero-order valence-corrected chi connectivity index (χ0v) is 13.9. The molecule has 4 N–H and O–H groups in total. The lowest BCUT2D eigenvalue weighted by Gasteiger charge is -2.12. The van der Waals surface area contributed by atoms with E-state index >= 15 is 0 Å². The maximum atomic E-state index is 12.5. The van der Waals surface area contributed by atoms with Crippen LogP contribution in [0, 0.1) is 0 Å². The highest BCUT2D eigenvalue weighted by molar-refractivity contribution is 9.10. The molecule has 1 unspecified atom stereocenters. The summed E-state index contributed by atoms with van der Waals surface area (Å²) in [5.74, 6) is -0.615. The molecule has 0 fully saturated rings. The fourth-order valence-electron chi connectivity index (χ4n) is 2.10. The second-order valence-electron chi connectivity index (χ2n) is 5.05. The quantitative estimate of drug-likeness (QED) is 0.674. The van der Waals surface area contributed by atoms with Crippen molar-refractivity contribution in [3.8, 4) is 0 Å². The number of hydrogen-bond acceptors (Lipinski definition) is 6. The number of alkyl halides is 2. The van der Waals surface area contributed by atoms with Gasteiger partial charge < -0.3 is 15.8 Å². The van der Waals surface area contributed by atoms with Gasteiger partial charge in [0.2, 0.25) is 6.23 Å². The number of nitrogens with one attached hydrogen (secondary N) is 2. The molecule has 1 aromatic carbocycles. The number of pyridine rings is 1. The van der Waals surface area contributed by atoms with Crippen molar-refractivity contribution in [2.24, 2.45) is 5.10 Å². The molecule has 1 aromatic heterocycles. The molecule has 0 saturated carbocycles. The van der Waals surface area contributed by atoms with E-state index < -0.39 is 18.6 Å². The van der Waals surface area contributed by atoms with Gasteiger partial charge in [0.05, 0.1) is 23.6 Å². The van der Waals surface area contributed by atoms with Crippen molar-refractivity contribution in [2.75, 3.05) is 11.1 Å². The van der Waals surface area contributed by atoms with E-state index in [1.165, 1.54) is 0 Å². The Kier molecular flexibility index (Phi) is 4.79. The summed E-state index contributed by atoms with van der Waals surface area (Å²) in [6.07, 6.45) is -1.93. The first-order valence-corrected chi connectivity index (χ1v) is 7.84. The average Bonchev–Trinajstić information content (AvgIpc) is 3.06. The maximum Gasteiger partial charge on any atom is 0.314 e. The Bertz CT molecular complexity index is 754. The number of nitrogens with zero attached hydrogens (tertiary/aromatic N) is 2. The lowest BCUT2D eigenvalue weighted by molar-refractivity contribution is 0.134. The Labute approximate surface area is 145 Å². The van der Waals surface area contributed by atoms with Gasteiger partial charge in [0.15, 0.2) is 0 Å². The molecule has 1 aliphatic heterocycles. The average molecular weight is 398 g/mol. The van der Waals surface area contributed by atoms with Gasteiger partial charge in [-0.3, -0.25) is 10.4 Å². The molecule has 9 heteroatoms. The van der Waals surface area contributed by atoms with Crippen molar-refractivity contribution in [1.82, 2.24) is 10.4 Å². The lowest BCUT2D eigenvalue weighted by Crippen LogP contribution is -2.15. The summed E-state index contributed by atoms with van der Waals surface area (Å²) in [7, 11) is 0. The topological polar surface area (TPSA) is 84.6 Å². The molecule has 0 amide bonds. The van der Waals surface area contributed by atoms with E-state index in [9.17, 15) is 8.78 Å². The van der Waals surface area contributed by atoms with Gasteiger partial charge in [-0.2, -0.15) is 8.78 Å². The number of halogens is 3. The zero-order valence-electron chi connectivity index (χ0n) is 12.3. The van der Waals surface area contributed by atoms with Crippen LogP contribution in [0.1, 0.15) is 17.5 Å². The van der Waals surface area contributed by atoms with E-state index in [-0.39, 0.29) is 0 Å². The van der Waals surface area contributed by atoms with Gasteiger partial charge in [0, 0.05) is 16.2 Å². The number of rotatable bonds is 5. The second-order valence-corrected chi connectivity index (χ2v) is 5.96. The van der Waals surface area contributed by atoms with Gasteiger partial charge in [-0.25, -0.2) is 0 Å². The van der Waals surface area contributed by atoms with E-state index in [0.29, 0.717) is 17.8 Å². The first-order valence-electron chi connectivity index (χ1n) is 7.04. The monoisotopic (exact) mass is 397 g/mol. The summed E-state index contributed by atoms with van der Waals surface area (Å²) in [6.45, 7) is 0.471. The van der Waals surface area contributed by atoms with Crippen molar-refractivity contribution in [3.63, 3.8) is 0 Å². The maximum absolute atomic E-state index is 12.5. The standard InChI is InChI=1S/C15H14BrF2N5O/c16-9-2-4-11(19)12(5-9)21-7-10-3-1-8(6-20-10)14-22-23-15(24-14)13(17)18/h1-6,13-14,21-22H,7,19H2. The number of ether oxygens (including phenoxy) is 1. The van der Waals surface area contributed by atoms with Gasteiger partial charge in [-0.1, -0.05) is 15.9 Å². The summed E-state index contributed by atoms with van der Waals surface area (Å²) >= 11 is 3.39. The van der Waals surface area contributed by atoms with E-state index in [2.05, 4.69) is 36.8 Å². The Morgan fingerprint density at radius 3 is 2.83 bits per heavy atom. The predicted octanol–water partition coefficient (Wildman–Crippen LogP) is 3.24. The van der Waals surface area contributed by atoms with Crippen LogP contribution in [-0.2, 0) is 11.3 Å². The highest BCUT2D eigenvalue weighted by Crippen LogP contribution is 2.24. The SMILES string of the molecule is Nc1ccc(Br)cc1NCc1ccc(C2NN=C(C(F)F)O2)cn1. The Morgan fingerprint density at radius 1 is 1.33 bits per heavy atom. The van der Waals surface area contributed by atoms with Crippen molar-refractivity contribution in [1.29, 1.82) is 0 Å². The second kappa shape index (κ2) is 7.00. The number of anilines is 2. The zero-order chi connectivity index (χ0) is 17.1. The number of hydrazone groups is 1. The molecule has 2 aromatic rings. The van der Waals surface area contributed by atoms with Crippen molar-refractivity contribution in [3.05, 3.63) is 52.3 Å². The Balaban J connectivity index is 1.60. The van der Waals surface area contributed by atoms with Crippen LogP contribution in [0.25, 0.3) is 0 Å². The van der Waals surface area contributed by atoms with Crippen LogP contribution < -0.4 is 16.5 Å². The summed E-state index contributed by atoms with van der Waals surface area (Å²) in [4.78, 5) is 4.29. The molecular formula is C15H14BrF2N5O. The minimum absolute atomic E-state index is 0.471. The summed E-state index contributed by atoms with van der Waals surface area (Å²) in [5.41, 5.74) is 11.2. The number of aromatic nitrogens is 1. The van der Waals surface area contributed by atoms with Gasteiger partial charge in [0.1, 0.15) is 0 Å². The van der Waals surface area contributed by atoms with Crippen LogP contribution in [-0.4, -0.2) is 17.3 Å². The molecular weight excluding hydrogens is 384 g/mol. The van der Waals surface area contributed by atoms with Gasteiger partial charge in [-0.05, 0) is 30.3 Å². The van der Waals surface area contributed by atoms with Crippen LogP contribution in [0.2, 0.25) is 0 Å². The molecule has 0 saturated heterocycles. The molecule has 1 atom stereocenters. The third-order valence-corrected chi connectivity index (χ3v) is 3.84. The highest BCUT2D eigenvalue weighted by Gasteiger charge is 2.27. The summed E-state index contributed by atoms with van der Waals surface area (Å²) < 4.78 is 30.9. The molecule has 0 bridgehead atoms. The Hall–Kier alpha value is -2.42. The van der Waals surface area contributed by atoms with E-state index in [1.807, 2.05) is 12.1 Å². The largest absolute Gasteiger partial charge is 0.446 e. The van der Waals surface area contributed by atoms with Crippen molar-refractivity contribution < 1.29 is 13.5 Å². The number of hydrogen-bond donors (Lipinski definition) is 3. The third kappa shape index (κ3) is 3.73. The van der Waals surface area contributed by atoms with Crippen molar-refractivity contribution in [2.45, 2.75) is 19.2 Å². The molecule has 0 spiro atoms. The molecule has 24 heavy (non-hydrogen) atoms. The van der Waals surface area contributed by atoms with Crippen LogP contribution in [0.4, 0.5) is 20.2 Å². The molecule has 0 radical (unpaired) electrons. The first-order chi connectivity index (χ1) is 11.5. The van der Waals surface area contributed by atoms with E-state index in [1.54, 1.807) is 24.4 Å². The van der Waals surface area contributed by atoms with E-state index in [4.69, 9.17) is 10.5 Å². The minimum atomic E-state index is -2.74. The molecule has 1 aliphatic rings. The first kappa shape index (κ1) is 16.4. The van der Waals surface area contributed by atoms with Gasteiger partial charge in [0.25, 0.3) is 5.90 Å². The number of benzene rings is 1. The van der Waals surface area contributed by atoms with Crippen LogP contribution in [0.5, 0.6) is 0 Å². The van der Waals surface area contributed by atoms with Crippen LogP contribution >= 0.6 is 15.9 Å². The van der Waals surface area contributed by atoms with Crippen LogP contribution in [0.3, 0.4) is 0 Å². The fraction of sp³-hybridized carbons (Fsp3) is 0.200. The molecule has 2 heterocycles. The Morgan fingerprint density at radius 2 is 2.17 bits per heavy atom. The van der Waals surface area contributed by atoms with Crippen molar-refractivity contribution >= 4 is 33.2 Å². The summed E-state index contributed by atoms with van der Waals surface area (Å²) in [5, 5.41) is 6.64. The minimum Gasteiger partial charge on any atom is -0.446 e. The smallest absolute Gasteiger partial charge is 0.314 e. The fourth-order valence-corrected chi connectivity index (χ4v) is 2.46. The molecule has 3 rings (SSSR count). The number of nitrogen functional groups attached to an aromatic ring is 1. The lowest BCUT2D eigenvalue weighted by atomic mass is 10.2. The van der Waals surface area contributed by atoms with Crippen LogP contribution in [0.15, 0.2) is 46.1 Å². The molecule has 0 aliphatic carbocycles. The third-order valence-electron chi connectivity index (χ3n) is 3.34. The van der Waals surface area contributed by atoms with E-state index in [0.717, 1.165) is 15.9 Å². The molecule has 126 valence electrons. The number of nitrogens with two attached hydrogens (primary N) is 1. The predicted molar refractivity (Wildman–Crippen MR) is 90.5 cm³/mol. The molecule has 6 nitrogen and oxygen atoms in total.